The lowest BCUT2D eigenvalue weighted by Gasteiger charge is -2.15. The van der Waals surface area contributed by atoms with Gasteiger partial charge in [-0.1, -0.05) is 18.2 Å². The Kier molecular flexibility index (Phi) is 4.66. The fourth-order valence-electron chi connectivity index (χ4n) is 5.01. The second-order valence-electron chi connectivity index (χ2n) is 9.07. The Hall–Kier alpha value is -3.71. The summed E-state index contributed by atoms with van der Waals surface area (Å²) in [5.41, 5.74) is 13.8. The Morgan fingerprint density at radius 1 is 1.15 bits per heavy atom. The number of imidazole rings is 1. The number of likely N-dealkylation sites (tertiary alicyclic amines) is 1. The fraction of sp³-hybridized carbons (Fsp3) is 0.269. The average molecular weight is 439 g/mol. The van der Waals surface area contributed by atoms with Crippen molar-refractivity contribution in [2.24, 2.45) is 0 Å². The van der Waals surface area contributed by atoms with Gasteiger partial charge in [0, 0.05) is 18.5 Å². The number of fused-ring (bicyclic) bond motifs is 2. The molecule has 2 aromatic heterocycles. The molecule has 0 unspecified atom stereocenters. The maximum Gasteiger partial charge on any atom is 0.194 e. The average Bonchev–Trinajstić information content (AvgIpc) is 3.58. The molecule has 1 aliphatic carbocycles. The zero-order chi connectivity index (χ0) is 22.5. The van der Waals surface area contributed by atoms with Crippen LogP contribution in [0.15, 0.2) is 48.2 Å². The molecule has 7 nitrogen and oxygen atoms in total. The number of nitrogen functional groups attached to an aromatic ring is 1. The normalized spacial score (nSPS) is 15.8. The number of carbonyl (C=O) groups excluding carboxylic acids is 1. The van der Waals surface area contributed by atoms with E-state index in [4.69, 9.17) is 5.73 Å². The fourth-order valence-corrected chi connectivity index (χ4v) is 5.01. The molecular formula is C26H26N6O. The largest absolute Gasteiger partial charge is 0.383 e. The van der Waals surface area contributed by atoms with E-state index in [1.54, 1.807) is 10.9 Å². The number of hydrogen-bond donors (Lipinski definition) is 2. The van der Waals surface area contributed by atoms with Gasteiger partial charge in [-0.05, 0) is 73.8 Å². The summed E-state index contributed by atoms with van der Waals surface area (Å²) in [5.74, 6) is 1.14. The molecule has 3 heterocycles. The molecule has 0 saturated carbocycles. The third kappa shape index (κ3) is 3.54. The topological polar surface area (TPSA) is 92.8 Å². The Balaban J connectivity index is 1.23. The molecule has 166 valence electrons. The number of ketones is 1. The van der Waals surface area contributed by atoms with Crippen LogP contribution in [0, 0.1) is 6.92 Å². The number of nitrogens with zero attached hydrogens (tertiary/aromatic N) is 4. The number of nitrogens with two attached hydrogens (primary N) is 1. The lowest BCUT2D eigenvalue weighted by Crippen LogP contribution is -2.18. The number of anilines is 1. The summed E-state index contributed by atoms with van der Waals surface area (Å²) in [6.45, 7) is 5.25. The van der Waals surface area contributed by atoms with Crippen LogP contribution in [-0.2, 0) is 13.0 Å². The van der Waals surface area contributed by atoms with Crippen LogP contribution < -0.4 is 5.73 Å². The molecule has 0 amide bonds. The first-order chi connectivity index (χ1) is 16.0. The summed E-state index contributed by atoms with van der Waals surface area (Å²) < 4.78 is 1.61. The molecule has 2 aromatic carbocycles. The molecule has 1 saturated heterocycles. The standard InChI is InChI=1S/C26H26N6O/c1-16-29-23-7-6-21(13-24(23)30-16)32-26(27)22(14-28-32)25(33)20-11-18-5-4-17(10-19(18)12-20)15-31-8-2-3-9-31/h4-7,10-11,13-14H,2-3,8-9,12,15,27H2,1H3,(H,29,30). The highest BCUT2D eigenvalue weighted by Gasteiger charge is 2.24. The van der Waals surface area contributed by atoms with Gasteiger partial charge in [0.05, 0.1) is 28.5 Å². The predicted molar refractivity (Wildman–Crippen MR) is 129 cm³/mol. The maximum atomic E-state index is 13.3. The number of benzene rings is 2. The third-order valence-electron chi connectivity index (χ3n) is 6.69. The highest BCUT2D eigenvalue weighted by molar-refractivity contribution is 6.15. The monoisotopic (exact) mass is 438 g/mol. The van der Waals surface area contributed by atoms with E-state index >= 15 is 0 Å². The van der Waals surface area contributed by atoms with E-state index in [0.717, 1.165) is 40.2 Å². The van der Waals surface area contributed by atoms with E-state index in [0.29, 0.717) is 17.8 Å². The lowest BCUT2D eigenvalue weighted by atomic mass is 10.0. The van der Waals surface area contributed by atoms with Crippen LogP contribution in [-0.4, -0.2) is 43.5 Å². The van der Waals surface area contributed by atoms with Crippen molar-refractivity contribution < 1.29 is 4.79 Å². The number of hydrogen-bond acceptors (Lipinski definition) is 5. The molecule has 0 radical (unpaired) electrons. The number of rotatable bonds is 5. The highest BCUT2D eigenvalue weighted by atomic mass is 16.1. The van der Waals surface area contributed by atoms with Crippen molar-refractivity contribution in [2.75, 3.05) is 18.8 Å². The first-order valence-electron chi connectivity index (χ1n) is 11.4. The van der Waals surface area contributed by atoms with Crippen molar-refractivity contribution in [3.63, 3.8) is 0 Å². The van der Waals surface area contributed by atoms with Crippen LogP contribution in [0.25, 0.3) is 22.8 Å². The Morgan fingerprint density at radius 3 is 2.85 bits per heavy atom. The lowest BCUT2D eigenvalue weighted by molar-refractivity contribution is 0.103. The number of nitrogens with one attached hydrogen (secondary N) is 1. The second kappa shape index (κ2) is 7.71. The molecular weight excluding hydrogens is 412 g/mol. The van der Waals surface area contributed by atoms with Crippen molar-refractivity contribution in [3.05, 3.63) is 76.2 Å². The Bertz CT molecular complexity index is 1420. The molecule has 7 heteroatoms. The molecule has 0 bridgehead atoms. The van der Waals surface area contributed by atoms with Gasteiger partial charge in [-0.15, -0.1) is 0 Å². The van der Waals surface area contributed by atoms with E-state index in [2.05, 4.69) is 38.2 Å². The molecule has 3 N–H and O–H groups in total. The van der Waals surface area contributed by atoms with Crippen molar-refractivity contribution in [1.29, 1.82) is 0 Å². The SMILES string of the molecule is Cc1nc2ccc(-n3ncc(C(=O)C4=Cc5ccc(CN6CCCC6)cc5C4)c3N)cc2[nH]1. The van der Waals surface area contributed by atoms with Gasteiger partial charge >= 0.3 is 0 Å². The van der Waals surface area contributed by atoms with Gasteiger partial charge in [-0.2, -0.15) is 5.10 Å². The summed E-state index contributed by atoms with van der Waals surface area (Å²) in [7, 11) is 0. The number of aromatic nitrogens is 4. The van der Waals surface area contributed by atoms with Crippen molar-refractivity contribution >= 4 is 28.7 Å². The molecule has 0 atom stereocenters. The van der Waals surface area contributed by atoms with Gasteiger partial charge in [-0.3, -0.25) is 9.69 Å². The number of H-pyrrole nitrogens is 1. The third-order valence-corrected chi connectivity index (χ3v) is 6.69. The number of aromatic amines is 1. The minimum Gasteiger partial charge on any atom is -0.383 e. The van der Waals surface area contributed by atoms with Gasteiger partial charge in [0.1, 0.15) is 11.6 Å². The zero-order valence-electron chi connectivity index (χ0n) is 18.6. The van der Waals surface area contributed by atoms with Gasteiger partial charge < -0.3 is 10.7 Å². The van der Waals surface area contributed by atoms with E-state index in [1.807, 2.05) is 31.2 Å². The zero-order valence-corrected chi connectivity index (χ0v) is 18.6. The molecule has 1 aliphatic heterocycles. The van der Waals surface area contributed by atoms with Crippen LogP contribution in [0.5, 0.6) is 0 Å². The van der Waals surface area contributed by atoms with Crippen molar-refractivity contribution in [2.45, 2.75) is 32.7 Å². The number of Topliss-reactive ketones (excluding diaryl/α,β-unsaturated/α-hetero) is 1. The quantitative estimate of drug-likeness (QED) is 0.459. The Morgan fingerprint density at radius 2 is 2.00 bits per heavy atom. The van der Waals surface area contributed by atoms with Gasteiger partial charge in [0.25, 0.3) is 0 Å². The van der Waals surface area contributed by atoms with Crippen LogP contribution >= 0.6 is 0 Å². The first-order valence-corrected chi connectivity index (χ1v) is 11.4. The molecule has 6 rings (SSSR count). The summed E-state index contributed by atoms with van der Waals surface area (Å²) in [5, 5.41) is 4.42. The van der Waals surface area contributed by atoms with Gasteiger partial charge in [0.2, 0.25) is 0 Å². The van der Waals surface area contributed by atoms with E-state index in [1.165, 1.54) is 37.1 Å². The summed E-state index contributed by atoms with van der Waals surface area (Å²) in [4.78, 5) is 23.5. The molecule has 1 fully saturated rings. The minimum absolute atomic E-state index is 0.0606. The molecule has 4 aromatic rings. The van der Waals surface area contributed by atoms with Crippen LogP contribution in [0.3, 0.4) is 0 Å². The summed E-state index contributed by atoms with van der Waals surface area (Å²) >= 11 is 0. The summed E-state index contributed by atoms with van der Waals surface area (Å²) in [6, 6.07) is 12.3. The van der Waals surface area contributed by atoms with Crippen LogP contribution in [0.2, 0.25) is 0 Å². The smallest absolute Gasteiger partial charge is 0.194 e. The van der Waals surface area contributed by atoms with Gasteiger partial charge in [0.15, 0.2) is 5.78 Å². The number of aryl methyl sites for hydroxylation is 1. The number of carbonyl (C=O) groups is 1. The highest BCUT2D eigenvalue weighted by Crippen LogP contribution is 2.31. The van der Waals surface area contributed by atoms with Crippen LogP contribution in [0.4, 0.5) is 5.82 Å². The first kappa shape index (κ1) is 19.9. The second-order valence-corrected chi connectivity index (χ2v) is 9.07. The van der Waals surface area contributed by atoms with Crippen LogP contribution in [0.1, 0.15) is 45.7 Å². The number of allylic oxidation sites excluding steroid dienone is 1. The minimum atomic E-state index is -0.0606. The molecule has 0 spiro atoms. The van der Waals surface area contributed by atoms with Crippen molar-refractivity contribution in [3.8, 4) is 5.69 Å². The van der Waals surface area contributed by atoms with E-state index < -0.39 is 0 Å². The van der Waals surface area contributed by atoms with Gasteiger partial charge in [-0.25, -0.2) is 9.67 Å². The molecule has 33 heavy (non-hydrogen) atoms. The predicted octanol–water partition coefficient (Wildman–Crippen LogP) is 4.06. The van der Waals surface area contributed by atoms with Crippen molar-refractivity contribution in [1.82, 2.24) is 24.6 Å². The van der Waals surface area contributed by atoms with E-state index in [9.17, 15) is 4.79 Å². The maximum absolute atomic E-state index is 13.3. The molecule has 2 aliphatic rings. The summed E-state index contributed by atoms with van der Waals surface area (Å²) in [6.07, 6.45) is 6.77. The van der Waals surface area contributed by atoms with E-state index in [-0.39, 0.29) is 5.78 Å². The Labute approximate surface area is 191 Å².